The topological polar surface area (TPSA) is 114 Å². The minimum Gasteiger partial charge on any atom is -0.490 e. The van der Waals surface area contributed by atoms with Crippen LogP contribution >= 0.6 is 0 Å². The van der Waals surface area contributed by atoms with Crippen molar-refractivity contribution in [3.63, 3.8) is 0 Å². The van der Waals surface area contributed by atoms with Crippen molar-refractivity contribution in [3.8, 4) is 28.1 Å². The quantitative estimate of drug-likeness (QED) is 0.151. The third-order valence-electron chi connectivity index (χ3n) is 9.52. The molecule has 0 spiro atoms. The Labute approximate surface area is 305 Å². The highest BCUT2D eigenvalue weighted by molar-refractivity contribution is 5.92. The van der Waals surface area contributed by atoms with Gasteiger partial charge in [0.25, 0.3) is 0 Å². The number of methoxy groups -OCH3 is 1. The molecule has 276 valence electrons. The number of hydrogen-bond donors (Lipinski definition) is 0. The summed E-state index contributed by atoms with van der Waals surface area (Å²) in [6.45, 7) is 15.7. The first-order valence-electron chi connectivity index (χ1n) is 18.1. The molecule has 52 heavy (non-hydrogen) atoms. The zero-order chi connectivity index (χ0) is 37.2. The molecule has 2 atom stereocenters. The van der Waals surface area contributed by atoms with E-state index in [2.05, 4.69) is 17.9 Å². The Hall–Kier alpha value is -4.74. The van der Waals surface area contributed by atoms with Gasteiger partial charge in [-0.15, -0.1) is 0 Å². The van der Waals surface area contributed by atoms with Crippen molar-refractivity contribution in [1.29, 1.82) is 0 Å². The third-order valence-corrected chi connectivity index (χ3v) is 9.52. The number of fused-ring (bicyclic) bond motifs is 7. The van der Waals surface area contributed by atoms with E-state index in [0.717, 1.165) is 35.3 Å². The van der Waals surface area contributed by atoms with E-state index in [1.165, 1.54) is 7.11 Å². The predicted molar refractivity (Wildman–Crippen MR) is 200 cm³/mol. The smallest absolute Gasteiger partial charge is 0.340 e. The Morgan fingerprint density at radius 2 is 1.81 bits per heavy atom. The van der Waals surface area contributed by atoms with E-state index in [-0.39, 0.29) is 18.3 Å². The highest BCUT2D eigenvalue weighted by Crippen LogP contribution is 2.40. The molecule has 2 aromatic heterocycles. The standard InChI is InChI=1S/C41H50N4O7/c1-9-49-39(47)36(52-40(4,5)6)35-27(3)42-34-25-32-29-15-12-14-28(23-29)31-24-30(38(46)48-8)16-17-33(31)51-26(2)13-10-11-22-50-41(7)18-20-44(21-19-41)37(35)45(34)43-32/h10-12,14-17,23-26,36H,9,13,18-22H2,1-8H3/t26-,36-/m0/s1. The molecule has 1 fully saturated rings. The molecule has 0 N–H and O–H groups in total. The SMILES string of the molecule is CCOC(=O)[C@@H](OC(C)(C)C)c1c(C)nc2cc3nn2c1N1CCC(C)(CC1)OCC=CC[C@H](C)Oc1ccc(C(=O)OC)cc1-c1cccc-3c1. The molecule has 0 aliphatic carbocycles. The summed E-state index contributed by atoms with van der Waals surface area (Å²) in [5.41, 5.74) is 4.52. The van der Waals surface area contributed by atoms with Crippen LogP contribution in [0.3, 0.4) is 0 Å². The molecule has 3 aliphatic heterocycles. The Balaban J connectivity index is 1.56. The van der Waals surface area contributed by atoms with E-state index in [0.29, 0.717) is 60.0 Å². The number of benzene rings is 2. The Morgan fingerprint density at radius 1 is 1.06 bits per heavy atom. The van der Waals surface area contributed by atoms with Gasteiger partial charge >= 0.3 is 11.9 Å². The maximum atomic E-state index is 13.7. The van der Waals surface area contributed by atoms with Gasteiger partial charge in [0, 0.05) is 42.4 Å². The first kappa shape index (κ1) is 37.0. The highest BCUT2D eigenvalue weighted by Gasteiger charge is 2.38. The van der Waals surface area contributed by atoms with Crippen LogP contribution in [0.5, 0.6) is 5.75 Å². The number of aryl methyl sites for hydroxylation is 1. The van der Waals surface area contributed by atoms with Crippen molar-refractivity contribution in [3.05, 3.63) is 77.5 Å². The molecule has 7 rings (SSSR count). The van der Waals surface area contributed by atoms with Gasteiger partial charge in [-0.2, -0.15) is 9.61 Å². The lowest BCUT2D eigenvalue weighted by Crippen LogP contribution is -2.45. The number of rotatable bonds is 5. The van der Waals surface area contributed by atoms with E-state index < -0.39 is 23.6 Å². The van der Waals surface area contributed by atoms with E-state index in [4.69, 9.17) is 33.8 Å². The summed E-state index contributed by atoms with van der Waals surface area (Å²) in [6.07, 6.45) is 5.21. The summed E-state index contributed by atoms with van der Waals surface area (Å²) < 4.78 is 31.9. The summed E-state index contributed by atoms with van der Waals surface area (Å²) >= 11 is 0. The Bertz CT molecular complexity index is 1970. The molecule has 3 aliphatic rings. The summed E-state index contributed by atoms with van der Waals surface area (Å²) in [7, 11) is 1.37. The number of anilines is 1. The van der Waals surface area contributed by atoms with Crippen LogP contribution in [0, 0.1) is 6.92 Å². The number of nitrogens with zero attached hydrogens (tertiary/aromatic N) is 4. The Morgan fingerprint density at radius 3 is 2.52 bits per heavy atom. The number of piperidine rings is 1. The highest BCUT2D eigenvalue weighted by atomic mass is 16.6. The molecular weight excluding hydrogens is 660 g/mol. The van der Waals surface area contributed by atoms with Gasteiger partial charge < -0.3 is 28.6 Å². The van der Waals surface area contributed by atoms with Gasteiger partial charge in [-0.1, -0.05) is 30.4 Å². The fraction of sp³-hybridized carbons (Fsp3) is 0.463. The number of aromatic nitrogens is 3. The zero-order valence-electron chi connectivity index (χ0n) is 31.5. The first-order valence-corrected chi connectivity index (χ1v) is 18.1. The van der Waals surface area contributed by atoms with Gasteiger partial charge in [0.1, 0.15) is 11.6 Å². The number of hydrogen-bond acceptors (Lipinski definition) is 10. The van der Waals surface area contributed by atoms with Gasteiger partial charge in [0.2, 0.25) is 0 Å². The van der Waals surface area contributed by atoms with Crippen LogP contribution < -0.4 is 9.64 Å². The lowest BCUT2D eigenvalue weighted by atomic mass is 9.92. The van der Waals surface area contributed by atoms with Crippen molar-refractivity contribution in [2.24, 2.45) is 0 Å². The fourth-order valence-electron chi connectivity index (χ4n) is 6.82. The maximum Gasteiger partial charge on any atom is 0.340 e. The molecule has 5 heterocycles. The molecule has 4 aromatic rings. The van der Waals surface area contributed by atoms with Gasteiger partial charge in [-0.3, -0.25) is 0 Å². The first-order chi connectivity index (χ1) is 24.8. The lowest BCUT2D eigenvalue weighted by molar-refractivity contribution is -0.166. The minimum absolute atomic E-state index is 0.132. The van der Waals surface area contributed by atoms with E-state index in [1.807, 2.05) is 81.6 Å². The molecule has 0 radical (unpaired) electrons. The second-order valence-corrected chi connectivity index (χ2v) is 14.8. The van der Waals surface area contributed by atoms with Crippen molar-refractivity contribution in [2.75, 3.05) is 38.3 Å². The average molecular weight is 711 g/mol. The van der Waals surface area contributed by atoms with Gasteiger partial charge in [0.15, 0.2) is 11.8 Å². The lowest BCUT2D eigenvalue weighted by Gasteiger charge is -2.41. The van der Waals surface area contributed by atoms with Crippen molar-refractivity contribution >= 4 is 23.4 Å². The zero-order valence-corrected chi connectivity index (χ0v) is 31.5. The molecule has 0 amide bonds. The van der Waals surface area contributed by atoms with Gasteiger partial charge in [0.05, 0.1) is 54.5 Å². The van der Waals surface area contributed by atoms with Gasteiger partial charge in [-0.25, -0.2) is 14.6 Å². The molecule has 11 nitrogen and oxygen atoms in total. The average Bonchev–Trinajstić information content (AvgIpc) is 3.53. The molecule has 2 aromatic carbocycles. The van der Waals surface area contributed by atoms with Gasteiger partial charge in [-0.05, 0) is 91.1 Å². The van der Waals surface area contributed by atoms with Crippen molar-refractivity contribution < 1.29 is 33.3 Å². The van der Waals surface area contributed by atoms with Crippen LogP contribution in [0.2, 0.25) is 0 Å². The van der Waals surface area contributed by atoms with Crippen molar-refractivity contribution in [2.45, 2.75) is 91.1 Å². The molecule has 0 unspecified atom stereocenters. The van der Waals surface area contributed by atoms with E-state index in [1.54, 1.807) is 19.1 Å². The molecule has 6 bridgehead atoms. The van der Waals surface area contributed by atoms with Crippen LogP contribution in [0.15, 0.2) is 60.7 Å². The van der Waals surface area contributed by atoms with Crippen molar-refractivity contribution in [1.82, 2.24) is 14.6 Å². The Kier molecular flexibility index (Phi) is 10.7. The molecular formula is C41H50N4O7. The van der Waals surface area contributed by atoms with Crippen LogP contribution in [-0.4, -0.2) is 77.3 Å². The number of ether oxygens (including phenoxy) is 5. The second kappa shape index (κ2) is 15.1. The van der Waals surface area contributed by atoms with Crippen LogP contribution in [0.25, 0.3) is 28.0 Å². The maximum absolute atomic E-state index is 13.7. The van der Waals surface area contributed by atoms with E-state index in [9.17, 15) is 9.59 Å². The third kappa shape index (κ3) is 8.00. The van der Waals surface area contributed by atoms with E-state index >= 15 is 0 Å². The summed E-state index contributed by atoms with van der Waals surface area (Å²) in [5, 5.41) is 5.16. The summed E-state index contributed by atoms with van der Waals surface area (Å²) in [4.78, 5) is 33.5. The minimum atomic E-state index is -1.02. The summed E-state index contributed by atoms with van der Waals surface area (Å²) in [5.74, 6) is 0.500. The fourth-order valence-corrected chi connectivity index (χ4v) is 6.82. The molecule has 0 saturated carbocycles. The molecule has 1 saturated heterocycles. The monoisotopic (exact) mass is 710 g/mol. The summed E-state index contributed by atoms with van der Waals surface area (Å²) in [6, 6.07) is 15.3. The largest absolute Gasteiger partial charge is 0.490 e. The normalized spacial score (nSPS) is 19.9. The number of carbonyl (C=O) groups excluding carboxylic acids is 2. The second-order valence-electron chi connectivity index (χ2n) is 14.8. The van der Waals surface area contributed by atoms with Crippen LogP contribution in [0.4, 0.5) is 5.82 Å². The number of esters is 2. The molecule has 11 heteroatoms. The number of carbonyl (C=O) groups is 2. The van der Waals surface area contributed by atoms with Crippen LogP contribution in [0.1, 0.15) is 88.5 Å². The van der Waals surface area contributed by atoms with Crippen LogP contribution in [-0.2, 0) is 23.7 Å². The predicted octanol–water partition coefficient (Wildman–Crippen LogP) is 7.68.